The fraction of sp³-hybridized carbons (Fsp3) is 0.182. The Morgan fingerprint density at radius 3 is 3.00 bits per heavy atom. The van der Waals surface area contributed by atoms with Gasteiger partial charge in [0.1, 0.15) is 0 Å². The zero-order chi connectivity index (χ0) is 13.8. The van der Waals surface area contributed by atoms with Gasteiger partial charge in [-0.3, -0.25) is 0 Å². The normalized spacial score (nSPS) is 10.2. The van der Waals surface area contributed by atoms with Crippen molar-refractivity contribution in [2.75, 3.05) is 13.7 Å². The zero-order valence-corrected chi connectivity index (χ0v) is 10.7. The van der Waals surface area contributed by atoms with E-state index in [9.17, 15) is 10.0 Å². The van der Waals surface area contributed by atoms with Gasteiger partial charge in [-0.1, -0.05) is 33.7 Å². The van der Waals surface area contributed by atoms with Crippen molar-refractivity contribution in [3.8, 4) is 17.4 Å². The van der Waals surface area contributed by atoms with Crippen molar-refractivity contribution in [2.24, 2.45) is 0 Å². The average Bonchev–Trinajstić information content (AvgIpc) is 2.77. The monoisotopic (exact) mass is 283 g/mol. The molecular weight excluding hydrogens is 274 g/mol. The molecule has 19 heavy (non-hydrogen) atoms. The number of aromatic nitrogens is 3. The van der Waals surface area contributed by atoms with Crippen molar-refractivity contribution < 1.29 is 19.5 Å². The Morgan fingerprint density at radius 2 is 2.32 bits per heavy atom. The van der Waals surface area contributed by atoms with Crippen LogP contribution in [0, 0.1) is 0 Å². The lowest BCUT2D eigenvalue weighted by atomic mass is 10.2. The van der Waals surface area contributed by atoms with E-state index in [0.29, 0.717) is 15.4 Å². The maximum absolute atomic E-state index is 10.9. The second-order valence-electron chi connectivity index (χ2n) is 3.48. The summed E-state index contributed by atoms with van der Waals surface area (Å²) in [6.45, 7) is -0.338. The second kappa shape index (κ2) is 5.57. The minimum atomic E-state index is -0.571. The smallest absolute Gasteiger partial charge is 0.344 e. The summed E-state index contributed by atoms with van der Waals surface area (Å²) >= 11 is 5.84. The number of nitrogens with zero attached hydrogens (tertiary/aromatic N) is 3. The largest absolute Gasteiger partial charge is 0.466 e. The summed E-state index contributed by atoms with van der Waals surface area (Å²) < 4.78 is 9.36. The number of hydrogen-bond acceptors (Lipinski definition) is 6. The van der Waals surface area contributed by atoms with Crippen LogP contribution in [0.1, 0.15) is 0 Å². The molecule has 0 radical (unpaired) electrons. The molecular formula is C11H10ClN3O4. The lowest BCUT2D eigenvalue weighted by Crippen LogP contribution is -2.13. The number of carbonyl (C=O) groups excluding carboxylic acids is 1. The van der Waals surface area contributed by atoms with Gasteiger partial charge in [0.05, 0.1) is 7.11 Å². The number of benzene rings is 1. The fourth-order valence-electron chi connectivity index (χ4n) is 1.34. The first-order chi connectivity index (χ1) is 9.10. The molecule has 7 nitrogen and oxygen atoms in total. The first-order valence-electron chi connectivity index (χ1n) is 5.22. The van der Waals surface area contributed by atoms with Gasteiger partial charge in [0.15, 0.2) is 6.61 Å². The molecule has 1 heterocycles. The third-order valence-electron chi connectivity index (χ3n) is 2.20. The highest BCUT2D eigenvalue weighted by Gasteiger charge is 2.14. The predicted octanol–water partition coefficient (Wildman–Crippen LogP) is 1.39. The second-order valence-corrected chi connectivity index (χ2v) is 3.92. The molecule has 2 rings (SSSR count). The molecule has 2 aromatic rings. The van der Waals surface area contributed by atoms with Crippen LogP contribution in [-0.2, 0) is 9.53 Å². The highest BCUT2D eigenvalue weighted by molar-refractivity contribution is 6.30. The molecule has 0 fully saturated rings. The lowest BCUT2D eigenvalue weighted by molar-refractivity contribution is -0.143. The fourth-order valence-corrected chi connectivity index (χ4v) is 1.53. The number of hydrogen-bond donors (Lipinski definition) is 1. The molecule has 0 saturated heterocycles. The highest BCUT2D eigenvalue weighted by Crippen LogP contribution is 2.22. The Kier molecular flexibility index (Phi) is 3.86. The molecule has 0 spiro atoms. The van der Waals surface area contributed by atoms with E-state index in [-0.39, 0.29) is 18.4 Å². The molecule has 0 amide bonds. The SMILES string of the molecule is COC(=O)COc1nc(-c2cccc(Cl)c2)n(O)n1. The van der Waals surface area contributed by atoms with Crippen molar-refractivity contribution in [3.05, 3.63) is 29.3 Å². The molecule has 0 aliphatic heterocycles. The van der Waals surface area contributed by atoms with E-state index in [1.54, 1.807) is 24.3 Å². The van der Waals surface area contributed by atoms with Gasteiger partial charge >= 0.3 is 12.0 Å². The number of rotatable bonds is 4. The molecule has 8 heteroatoms. The Morgan fingerprint density at radius 1 is 1.53 bits per heavy atom. The number of esters is 1. The number of carbonyl (C=O) groups is 1. The molecule has 1 aromatic carbocycles. The van der Waals surface area contributed by atoms with Crippen LogP contribution in [0.3, 0.4) is 0 Å². The molecule has 0 saturated carbocycles. The Labute approximate surface area is 113 Å². The van der Waals surface area contributed by atoms with E-state index >= 15 is 0 Å². The average molecular weight is 284 g/mol. The minimum absolute atomic E-state index is 0.136. The van der Waals surface area contributed by atoms with Crippen LogP contribution < -0.4 is 4.74 Å². The molecule has 0 aliphatic rings. The summed E-state index contributed by atoms with van der Waals surface area (Å²) in [6, 6.07) is 6.58. The van der Waals surface area contributed by atoms with Crippen molar-refractivity contribution in [2.45, 2.75) is 0 Å². The number of methoxy groups -OCH3 is 1. The van der Waals surface area contributed by atoms with Crippen LogP contribution in [0.15, 0.2) is 24.3 Å². The number of ether oxygens (including phenoxy) is 2. The summed E-state index contributed by atoms with van der Waals surface area (Å²) in [5.41, 5.74) is 0.565. The number of halogens is 1. The first-order valence-corrected chi connectivity index (χ1v) is 5.60. The summed E-state index contributed by atoms with van der Waals surface area (Å²) in [7, 11) is 1.24. The summed E-state index contributed by atoms with van der Waals surface area (Å²) in [4.78, 5) is 15.4. The molecule has 100 valence electrons. The summed E-state index contributed by atoms with van der Waals surface area (Å²) in [6.07, 6.45) is 0. The van der Waals surface area contributed by atoms with Gasteiger partial charge in [-0.25, -0.2) is 4.79 Å². The van der Waals surface area contributed by atoms with Crippen LogP contribution in [0.5, 0.6) is 6.01 Å². The lowest BCUT2D eigenvalue weighted by Gasteiger charge is -1.98. The predicted molar refractivity (Wildman–Crippen MR) is 65.2 cm³/mol. The van der Waals surface area contributed by atoms with Gasteiger partial charge in [0.25, 0.3) is 0 Å². The Bertz CT molecular complexity index is 599. The van der Waals surface area contributed by atoms with E-state index in [2.05, 4.69) is 14.8 Å². The standard InChI is InChI=1S/C11H10ClN3O4/c1-18-9(16)6-19-11-13-10(15(17)14-11)7-3-2-4-8(12)5-7/h2-5,17H,6H2,1H3. The molecule has 1 aromatic heterocycles. The van der Waals surface area contributed by atoms with E-state index in [1.165, 1.54) is 7.11 Å². The van der Waals surface area contributed by atoms with Gasteiger partial charge in [0.2, 0.25) is 5.82 Å². The maximum Gasteiger partial charge on any atom is 0.344 e. The van der Waals surface area contributed by atoms with Crippen LogP contribution >= 0.6 is 11.6 Å². The first kappa shape index (κ1) is 13.2. The van der Waals surface area contributed by atoms with Crippen molar-refractivity contribution in [1.29, 1.82) is 0 Å². The van der Waals surface area contributed by atoms with Crippen LogP contribution in [0.2, 0.25) is 5.02 Å². The van der Waals surface area contributed by atoms with E-state index in [0.717, 1.165) is 0 Å². The third kappa shape index (κ3) is 3.14. The quantitative estimate of drug-likeness (QED) is 0.674. The van der Waals surface area contributed by atoms with E-state index < -0.39 is 5.97 Å². The van der Waals surface area contributed by atoms with Gasteiger partial charge in [-0.2, -0.15) is 4.98 Å². The van der Waals surface area contributed by atoms with E-state index in [4.69, 9.17) is 16.3 Å². The molecule has 0 atom stereocenters. The van der Waals surface area contributed by atoms with Gasteiger partial charge in [-0.05, 0) is 12.1 Å². The summed E-state index contributed by atoms with van der Waals surface area (Å²) in [5, 5.41) is 13.7. The summed E-state index contributed by atoms with van der Waals surface area (Å²) in [5.74, 6) is -0.416. The molecule has 0 aliphatic carbocycles. The van der Waals surface area contributed by atoms with Crippen molar-refractivity contribution in [3.63, 3.8) is 0 Å². The van der Waals surface area contributed by atoms with Gasteiger partial charge in [-0.15, -0.1) is 0 Å². The third-order valence-corrected chi connectivity index (χ3v) is 2.44. The molecule has 0 unspecified atom stereocenters. The maximum atomic E-state index is 10.9. The Balaban J connectivity index is 2.19. The zero-order valence-electron chi connectivity index (χ0n) is 9.91. The van der Waals surface area contributed by atoms with Crippen molar-refractivity contribution in [1.82, 2.24) is 14.9 Å². The minimum Gasteiger partial charge on any atom is -0.466 e. The van der Waals surface area contributed by atoms with Crippen LogP contribution in [0.4, 0.5) is 0 Å². The topological polar surface area (TPSA) is 86.5 Å². The van der Waals surface area contributed by atoms with Crippen LogP contribution in [-0.4, -0.2) is 39.8 Å². The highest BCUT2D eigenvalue weighted by atomic mass is 35.5. The molecule has 0 bridgehead atoms. The molecule has 1 N–H and O–H groups in total. The van der Waals surface area contributed by atoms with Crippen LogP contribution in [0.25, 0.3) is 11.4 Å². The van der Waals surface area contributed by atoms with E-state index in [1.807, 2.05) is 0 Å². The van der Waals surface area contributed by atoms with Gasteiger partial charge < -0.3 is 14.7 Å². The van der Waals surface area contributed by atoms with Gasteiger partial charge in [0, 0.05) is 10.6 Å². The van der Waals surface area contributed by atoms with Crippen molar-refractivity contribution >= 4 is 17.6 Å². The Hall–Kier alpha value is -2.28.